The second-order valence-corrected chi connectivity index (χ2v) is 6.96. The van der Waals surface area contributed by atoms with Crippen LogP contribution in [0.5, 0.6) is 11.5 Å². The van der Waals surface area contributed by atoms with Crippen molar-refractivity contribution in [2.45, 2.75) is 39.7 Å². The van der Waals surface area contributed by atoms with Gasteiger partial charge in [0.05, 0.1) is 5.69 Å². The summed E-state index contributed by atoms with van der Waals surface area (Å²) < 4.78 is 12.7. The van der Waals surface area contributed by atoms with Crippen LogP contribution in [-0.2, 0) is 19.9 Å². The highest BCUT2D eigenvalue weighted by molar-refractivity contribution is 5.79. The van der Waals surface area contributed by atoms with Crippen molar-refractivity contribution >= 4 is 5.96 Å². The molecule has 1 atom stereocenters. The van der Waals surface area contributed by atoms with E-state index >= 15 is 0 Å². The first kappa shape index (κ1) is 19.1. The number of fused-ring (bicyclic) bond motifs is 1. The first-order valence-corrected chi connectivity index (χ1v) is 9.32. The van der Waals surface area contributed by atoms with Crippen LogP contribution in [0.3, 0.4) is 0 Å². The van der Waals surface area contributed by atoms with Crippen molar-refractivity contribution < 1.29 is 9.47 Å². The third-order valence-corrected chi connectivity index (χ3v) is 4.92. The van der Waals surface area contributed by atoms with Gasteiger partial charge in [0.15, 0.2) is 17.5 Å². The lowest BCUT2D eigenvalue weighted by Crippen LogP contribution is -2.43. The molecule has 7 heteroatoms. The average molecular weight is 371 g/mol. The van der Waals surface area contributed by atoms with E-state index in [2.05, 4.69) is 47.6 Å². The number of nitrogens with one attached hydrogen (secondary N) is 2. The van der Waals surface area contributed by atoms with Crippen LogP contribution in [0.25, 0.3) is 0 Å². The fraction of sp³-hybridized carbons (Fsp3) is 0.500. The maximum Gasteiger partial charge on any atom is 0.231 e. The largest absolute Gasteiger partial charge is 0.454 e. The Hall–Kier alpha value is -2.70. The SMILES string of the molecule is CN=C(NCCc1ccc2c(c1)OCO2)NC(C)Cc1c(C)nn(C)c1C. The first-order chi connectivity index (χ1) is 13.0. The Morgan fingerprint density at radius 1 is 1.30 bits per heavy atom. The van der Waals surface area contributed by atoms with Gasteiger partial charge in [-0.25, -0.2) is 0 Å². The number of aliphatic imine (C=N–C) groups is 1. The van der Waals surface area contributed by atoms with Gasteiger partial charge in [0.25, 0.3) is 0 Å². The summed E-state index contributed by atoms with van der Waals surface area (Å²) in [5, 5.41) is 11.3. The summed E-state index contributed by atoms with van der Waals surface area (Å²) in [6.45, 7) is 7.43. The van der Waals surface area contributed by atoms with E-state index in [4.69, 9.17) is 9.47 Å². The normalized spacial score (nSPS) is 14.3. The van der Waals surface area contributed by atoms with Crippen LogP contribution in [0.2, 0.25) is 0 Å². The van der Waals surface area contributed by atoms with Gasteiger partial charge in [0.1, 0.15) is 0 Å². The summed E-state index contributed by atoms with van der Waals surface area (Å²) in [6.07, 6.45) is 1.79. The van der Waals surface area contributed by atoms with Crippen molar-refractivity contribution in [3.63, 3.8) is 0 Å². The molecule has 0 fully saturated rings. The first-order valence-electron chi connectivity index (χ1n) is 9.32. The molecular formula is C20H29N5O2. The smallest absolute Gasteiger partial charge is 0.231 e. The van der Waals surface area contributed by atoms with Gasteiger partial charge < -0.3 is 20.1 Å². The molecule has 1 aromatic heterocycles. The number of aryl methyl sites for hydroxylation is 2. The van der Waals surface area contributed by atoms with Crippen molar-refractivity contribution in [1.29, 1.82) is 0 Å². The van der Waals surface area contributed by atoms with Gasteiger partial charge in [-0.2, -0.15) is 5.10 Å². The van der Waals surface area contributed by atoms with Gasteiger partial charge >= 0.3 is 0 Å². The lowest BCUT2D eigenvalue weighted by atomic mass is 10.1. The molecule has 2 N–H and O–H groups in total. The number of aromatic nitrogens is 2. The minimum Gasteiger partial charge on any atom is -0.454 e. The summed E-state index contributed by atoms with van der Waals surface area (Å²) in [6, 6.07) is 6.33. The highest BCUT2D eigenvalue weighted by atomic mass is 16.7. The monoisotopic (exact) mass is 371 g/mol. The number of nitrogens with zero attached hydrogens (tertiary/aromatic N) is 3. The molecule has 2 aromatic rings. The fourth-order valence-electron chi connectivity index (χ4n) is 3.32. The number of rotatable bonds is 6. The molecule has 1 unspecified atom stereocenters. The van der Waals surface area contributed by atoms with E-state index in [9.17, 15) is 0 Å². The maximum absolute atomic E-state index is 5.43. The second kappa shape index (κ2) is 8.33. The fourth-order valence-corrected chi connectivity index (χ4v) is 3.32. The third kappa shape index (κ3) is 4.53. The van der Waals surface area contributed by atoms with Crippen molar-refractivity contribution in [3.8, 4) is 11.5 Å². The molecule has 3 rings (SSSR count). The van der Waals surface area contributed by atoms with Crippen LogP contribution in [-0.4, -0.2) is 42.2 Å². The lowest BCUT2D eigenvalue weighted by Gasteiger charge is -2.18. The predicted octanol–water partition coefficient (Wildman–Crippen LogP) is 2.10. The summed E-state index contributed by atoms with van der Waals surface area (Å²) in [7, 11) is 3.78. The van der Waals surface area contributed by atoms with Gasteiger partial charge in [-0.15, -0.1) is 0 Å². The van der Waals surface area contributed by atoms with Crippen LogP contribution >= 0.6 is 0 Å². The van der Waals surface area contributed by atoms with Crippen molar-refractivity contribution in [2.75, 3.05) is 20.4 Å². The van der Waals surface area contributed by atoms with E-state index in [1.807, 2.05) is 23.9 Å². The lowest BCUT2D eigenvalue weighted by molar-refractivity contribution is 0.174. The Bertz CT molecular complexity index is 828. The van der Waals surface area contributed by atoms with E-state index in [-0.39, 0.29) is 6.04 Å². The molecule has 2 heterocycles. The Labute approximate surface area is 160 Å². The highest BCUT2D eigenvalue weighted by Gasteiger charge is 2.15. The molecular weight excluding hydrogens is 342 g/mol. The molecule has 0 saturated carbocycles. The van der Waals surface area contributed by atoms with E-state index in [1.165, 1.54) is 16.8 Å². The van der Waals surface area contributed by atoms with Gasteiger partial charge in [-0.05, 0) is 56.9 Å². The van der Waals surface area contributed by atoms with Gasteiger partial charge in [0.2, 0.25) is 6.79 Å². The molecule has 0 amide bonds. The summed E-state index contributed by atoms with van der Waals surface area (Å²) in [5.74, 6) is 2.45. The molecule has 1 aliphatic rings. The molecule has 1 aliphatic heterocycles. The van der Waals surface area contributed by atoms with E-state index < -0.39 is 0 Å². The zero-order valence-electron chi connectivity index (χ0n) is 16.8. The van der Waals surface area contributed by atoms with Crippen LogP contribution in [0.1, 0.15) is 29.4 Å². The van der Waals surface area contributed by atoms with Crippen LogP contribution in [0, 0.1) is 13.8 Å². The number of benzene rings is 1. The number of hydrogen-bond acceptors (Lipinski definition) is 4. The van der Waals surface area contributed by atoms with Gasteiger partial charge in [0, 0.05) is 32.4 Å². The van der Waals surface area contributed by atoms with E-state index in [1.54, 1.807) is 7.05 Å². The Morgan fingerprint density at radius 3 is 2.78 bits per heavy atom. The van der Waals surface area contributed by atoms with Crippen molar-refractivity contribution in [1.82, 2.24) is 20.4 Å². The van der Waals surface area contributed by atoms with Crippen LogP contribution in [0.15, 0.2) is 23.2 Å². The molecule has 0 aliphatic carbocycles. The van der Waals surface area contributed by atoms with E-state index in [0.29, 0.717) is 6.79 Å². The average Bonchev–Trinajstić information content (AvgIpc) is 3.20. The molecule has 1 aromatic carbocycles. The summed E-state index contributed by atoms with van der Waals surface area (Å²) in [4.78, 5) is 4.34. The Kier molecular flexibility index (Phi) is 5.88. The molecule has 27 heavy (non-hydrogen) atoms. The van der Waals surface area contributed by atoms with Crippen LogP contribution in [0.4, 0.5) is 0 Å². The zero-order chi connectivity index (χ0) is 19.4. The minimum absolute atomic E-state index is 0.253. The van der Waals surface area contributed by atoms with Crippen molar-refractivity contribution in [3.05, 3.63) is 40.7 Å². The zero-order valence-corrected chi connectivity index (χ0v) is 16.8. The third-order valence-electron chi connectivity index (χ3n) is 4.92. The molecule has 0 saturated heterocycles. The Morgan fingerprint density at radius 2 is 2.07 bits per heavy atom. The minimum atomic E-state index is 0.253. The molecule has 0 bridgehead atoms. The van der Waals surface area contributed by atoms with Crippen molar-refractivity contribution in [2.24, 2.45) is 12.0 Å². The Balaban J connectivity index is 1.49. The van der Waals surface area contributed by atoms with Crippen LogP contribution < -0.4 is 20.1 Å². The molecule has 0 radical (unpaired) electrons. The second-order valence-electron chi connectivity index (χ2n) is 6.96. The summed E-state index contributed by atoms with van der Waals surface area (Å²) >= 11 is 0. The molecule has 146 valence electrons. The maximum atomic E-state index is 5.43. The topological polar surface area (TPSA) is 72.7 Å². The number of guanidine groups is 1. The van der Waals surface area contributed by atoms with Gasteiger partial charge in [-0.1, -0.05) is 6.07 Å². The predicted molar refractivity (Wildman–Crippen MR) is 107 cm³/mol. The molecule has 0 spiro atoms. The standard InChI is InChI=1S/C20H29N5O2/c1-13(10-17-14(2)24-25(5)15(17)3)23-20(21-4)22-9-8-16-6-7-18-19(11-16)27-12-26-18/h6-7,11,13H,8-10,12H2,1-5H3,(H2,21,22,23). The van der Waals surface area contributed by atoms with E-state index in [0.717, 1.165) is 42.5 Å². The molecule has 7 nitrogen and oxygen atoms in total. The quantitative estimate of drug-likeness (QED) is 0.601. The van der Waals surface area contributed by atoms with Gasteiger partial charge in [-0.3, -0.25) is 9.67 Å². The highest BCUT2D eigenvalue weighted by Crippen LogP contribution is 2.32. The number of ether oxygens (including phenoxy) is 2. The number of hydrogen-bond donors (Lipinski definition) is 2. The summed E-state index contributed by atoms with van der Waals surface area (Å²) in [5.41, 5.74) is 4.81.